The summed E-state index contributed by atoms with van der Waals surface area (Å²) in [5, 5.41) is 19.3. The number of nitrogens with zero attached hydrogens (tertiary/aromatic N) is 1. The molecule has 2 aromatic rings. The largest absolute Gasteiger partial charge is 0.497 e. The Labute approximate surface area is 147 Å². The number of aromatic nitrogens is 2. The summed E-state index contributed by atoms with van der Waals surface area (Å²) < 4.78 is 10.6. The molecule has 2 atom stereocenters. The van der Waals surface area contributed by atoms with Gasteiger partial charge in [-0.3, -0.25) is 9.89 Å². The Morgan fingerprint density at radius 2 is 2.12 bits per heavy atom. The number of rotatable bonds is 8. The second-order valence-corrected chi connectivity index (χ2v) is 5.87. The fourth-order valence-corrected chi connectivity index (χ4v) is 2.57. The Balaban J connectivity index is 2.33. The van der Waals surface area contributed by atoms with Crippen molar-refractivity contribution < 1.29 is 19.4 Å². The lowest BCUT2D eigenvalue weighted by atomic mass is 9.99. The minimum atomic E-state index is -0.307. The Morgan fingerprint density at radius 1 is 1.36 bits per heavy atom. The number of aromatic amines is 1. The van der Waals surface area contributed by atoms with Crippen molar-refractivity contribution in [3.8, 4) is 22.8 Å². The first-order valence-electron chi connectivity index (χ1n) is 8.23. The Kier molecular flexibility index (Phi) is 6.41. The van der Waals surface area contributed by atoms with Crippen molar-refractivity contribution in [3.63, 3.8) is 0 Å². The van der Waals surface area contributed by atoms with Gasteiger partial charge in [-0.25, -0.2) is 0 Å². The molecule has 1 aromatic heterocycles. The van der Waals surface area contributed by atoms with Gasteiger partial charge in [-0.2, -0.15) is 5.10 Å². The van der Waals surface area contributed by atoms with Crippen LogP contribution in [0.15, 0.2) is 24.4 Å². The van der Waals surface area contributed by atoms with E-state index in [9.17, 15) is 9.90 Å². The molecular formula is C18H25N3O4. The molecule has 0 saturated heterocycles. The highest BCUT2D eigenvalue weighted by Crippen LogP contribution is 2.33. The number of hydrogen-bond donors (Lipinski definition) is 3. The van der Waals surface area contributed by atoms with Crippen LogP contribution in [0.25, 0.3) is 11.3 Å². The predicted octanol–water partition coefficient (Wildman–Crippen LogP) is 2.23. The van der Waals surface area contributed by atoms with E-state index in [1.54, 1.807) is 32.4 Å². The topological polar surface area (TPSA) is 96.5 Å². The lowest BCUT2D eigenvalue weighted by Gasteiger charge is -2.22. The van der Waals surface area contributed by atoms with Crippen molar-refractivity contribution in [1.29, 1.82) is 0 Å². The average molecular weight is 347 g/mol. The number of amides is 1. The molecule has 3 N–H and O–H groups in total. The maximum absolute atomic E-state index is 12.7. The number of aliphatic hydroxyl groups is 1. The van der Waals surface area contributed by atoms with Crippen molar-refractivity contribution in [1.82, 2.24) is 15.5 Å². The molecule has 1 amide bonds. The minimum absolute atomic E-state index is 0.111. The first-order valence-corrected chi connectivity index (χ1v) is 8.23. The summed E-state index contributed by atoms with van der Waals surface area (Å²) in [6, 6.07) is 5.03. The highest BCUT2D eigenvalue weighted by molar-refractivity contribution is 6.00. The molecule has 1 heterocycles. The zero-order chi connectivity index (χ0) is 18.4. The molecule has 0 unspecified atom stereocenters. The van der Waals surface area contributed by atoms with Gasteiger partial charge < -0.3 is 19.9 Å². The van der Waals surface area contributed by atoms with Gasteiger partial charge in [0.2, 0.25) is 0 Å². The highest BCUT2D eigenvalue weighted by Gasteiger charge is 2.23. The van der Waals surface area contributed by atoms with Gasteiger partial charge in [0.15, 0.2) is 0 Å². The lowest BCUT2D eigenvalue weighted by molar-refractivity contribution is 0.0892. The standard InChI is InChI=1S/C18H25N3O4/c1-5-11(2)15(10-22)20-18(23)14-9-19-21-17(14)13-7-6-12(24-3)8-16(13)25-4/h6-9,11,15,22H,5,10H2,1-4H3,(H,19,21)(H,20,23)/t11-,15+/m0/s1. The zero-order valence-electron chi connectivity index (χ0n) is 15.0. The van der Waals surface area contributed by atoms with Crippen LogP contribution in [0.2, 0.25) is 0 Å². The summed E-state index contributed by atoms with van der Waals surface area (Å²) >= 11 is 0. The van der Waals surface area contributed by atoms with Crippen LogP contribution in [0.4, 0.5) is 0 Å². The smallest absolute Gasteiger partial charge is 0.255 e. The van der Waals surface area contributed by atoms with Gasteiger partial charge in [-0.1, -0.05) is 20.3 Å². The fourth-order valence-electron chi connectivity index (χ4n) is 2.57. The van der Waals surface area contributed by atoms with Gasteiger partial charge in [-0.15, -0.1) is 0 Å². The molecule has 0 aliphatic carbocycles. The predicted molar refractivity (Wildman–Crippen MR) is 94.9 cm³/mol. The van der Waals surface area contributed by atoms with E-state index in [-0.39, 0.29) is 24.5 Å². The van der Waals surface area contributed by atoms with Crippen LogP contribution in [0.3, 0.4) is 0 Å². The molecule has 7 nitrogen and oxygen atoms in total. The third kappa shape index (κ3) is 4.11. The molecule has 136 valence electrons. The molecule has 0 aliphatic heterocycles. The lowest BCUT2D eigenvalue weighted by Crippen LogP contribution is -2.41. The summed E-state index contributed by atoms with van der Waals surface area (Å²) in [5.74, 6) is 1.10. The van der Waals surface area contributed by atoms with E-state index < -0.39 is 0 Å². The van der Waals surface area contributed by atoms with E-state index in [0.29, 0.717) is 28.3 Å². The third-order valence-electron chi connectivity index (χ3n) is 4.41. The van der Waals surface area contributed by atoms with E-state index in [2.05, 4.69) is 15.5 Å². The van der Waals surface area contributed by atoms with Gasteiger partial charge in [0.25, 0.3) is 5.91 Å². The van der Waals surface area contributed by atoms with E-state index in [4.69, 9.17) is 9.47 Å². The van der Waals surface area contributed by atoms with E-state index in [1.165, 1.54) is 6.20 Å². The van der Waals surface area contributed by atoms with Crippen molar-refractivity contribution in [2.24, 2.45) is 5.92 Å². The van der Waals surface area contributed by atoms with Crippen LogP contribution in [0.5, 0.6) is 11.5 Å². The number of carbonyl (C=O) groups excluding carboxylic acids is 1. The molecular weight excluding hydrogens is 322 g/mol. The molecule has 2 rings (SSSR count). The average Bonchev–Trinajstić information content (AvgIpc) is 3.14. The SMILES string of the molecule is CC[C@H](C)[C@@H](CO)NC(=O)c1cn[nH]c1-c1ccc(OC)cc1OC. The van der Waals surface area contributed by atoms with Crippen LogP contribution in [0, 0.1) is 5.92 Å². The van der Waals surface area contributed by atoms with Crippen molar-refractivity contribution in [2.75, 3.05) is 20.8 Å². The van der Waals surface area contributed by atoms with Crippen molar-refractivity contribution >= 4 is 5.91 Å². The maximum atomic E-state index is 12.7. The molecule has 0 fully saturated rings. The number of ether oxygens (including phenoxy) is 2. The van der Waals surface area contributed by atoms with Gasteiger partial charge in [0, 0.05) is 11.6 Å². The summed E-state index contributed by atoms with van der Waals surface area (Å²) in [7, 11) is 3.13. The van der Waals surface area contributed by atoms with E-state index in [0.717, 1.165) is 6.42 Å². The molecule has 25 heavy (non-hydrogen) atoms. The number of H-pyrrole nitrogens is 1. The molecule has 0 radical (unpaired) electrons. The summed E-state index contributed by atoms with van der Waals surface area (Å²) in [6.07, 6.45) is 2.33. The van der Waals surface area contributed by atoms with E-state index >= 15 is 0 Å². The quantitative estimate of drug-likeness (QED) is 0.680. The van der Waals surface area contributed by atoms with Crippen LogP contribution < -0.4 is 14.8 Å². The Hall–Kier alpha value is -2.54. The molecule has 0 bridgehead atoms. The summed E-state index contributed by atoms with van der Waals surface area (Å²) in [6.45, 7) is 3.90. The first kappa shape index (κ1) is 18.8. The van der Waals surface area contributed by atoms with Gasteiger partial charge >= 0.3 is 0 Å². The molecule has 7 heteroatoms. The van der Waals surface area contributed by atoms with Gasteiger partial charge in [0.1, 0.15) is 11.5 Å². The monoisotopic (exact) mass is 347 g/mol. The molecule has 0 spiro atoms. The molecule has 0 aliphatic rings. The number of nitrogens with one attached hydrogen (secondary N) is 2. The molecule has 0 saturated carbocycles. The number of aliphatic hydroxyl groups excluding tert-OH is 1. The Morgan fingerprint density at radius 3 is 2.72 bits per heavy atom. The van der Waals surface area contributed by atoms with Crippen LogP contribution in [0.1, 0.15) is 30.6 Å². The summed E-state index contributed by atoms with van der Waals surface area (Å²) in [4.78, 5) is 12.7. The molecule has 1 aromatic carbocycles. The highest BCUT2D eigenvalue weighted by atomic mass is 16.5. The van der Waals surface area contributed by atoms with Gasteiger partial charge in [-0.05, 0) is 18.1 Å². The van der Waals surface area contributed by atoms with Crippen LogP contribution >= 0.6 is 0 Å². The zero-order valence-corrected chi connectivity index (χ0v) is 15.0. The number of methoxy groups -OCH3 is 2. The Bertz CT molecular complexity index is 714. The van der Waals surface area contributed by atoms with Crippen LogP contribution in [-0.2, 0) is 0 Å². The second-order valence-electron chi connectivity index (χ2n) is 5.87. The number of benzene rings is 1. The second kappa shape index (κ2) is 8.53. The number of hydrogen-bond acceptors (Lipinski definition) is 5. The van der Waals surface area contributed by atoms with Gasteiger partial charge in [0.05, 0.1) is 44.3 Å². The fraction of sp³-hybridized carbons (Fsp3) is 0.444. The van der Waals surface area contributed by atoms with Crippen molar-refractivity contribution in [3.05, 3.63) is 30.0 Å². The van der Waals surface area contributed by atoms with Crippen LogP contribution in [-0.4, -0.2) is 48.1 Å². The maximum Gasteiger partial charge on any atom is 0.255 e. The number of carbonyl (C=O) groups is 1. The summed E-state index contributed by atoms with van der Waals surface area (Å²) in [5.41, 5.74) is 1.65. The first-order chi connectivity index (χ1) is 12.0. The minimum Gasteiger partial charge on any atom is -0.497 e. The normalized spacial score (nSPS) is 13.2. The van der Waals surface area contributed by atoms with Crippen molar-refractivity contribution in [2.45, 2.75) is 26.3 Å². The third-order valence-corrected chi connectivity index (χ3v) is 4.41. The van der Waals surface area contributed by atoms with E-state index in [1.807, 2.05) is 13.8 Å².